The first-order chi connectivity index (χ1) is 28.2. The summed E-state index contributed by atoms with van der Waals surface area (Å²) < 4.78 is 4.64. The summed E-state index contributed by atoms with van der Waals surface area (Å²) in [6.07, 6.45) is 13.1. The highest BCUT2D eigenvalue weighted by Crippen LogP contribution is 2.49. The smallest absolute Gasteiger partial charge is 0.152 e. The molecule has 1 unspecified atom stereocenters. The summed E-state index contributed by atoms with van der Waals surface area (Å²) in [5.41, 5.74) is 16.7. The van der Waals surface area contributed by atoms with Crippen molar-refractivity contribution in [3.8, 4) is 22.5 Å². The first kappa shape index (κ1) is 33.7. The van der Waals surface area contributed by atoms with E-state index in [1.165, 1.54) is 80.2 Å². The molecule has 0 saturated heterocycles. The average Bonchev–Trinajstić information content (AvgIpc) is 4.08. The second-order valence-corrected chi connectivity index (χ2v) is 15.6. The van der Waals surface area contributed by atoms with Crippen molar-refractivity contribution < 1.29 is 0 Å². The summed E-state index contributed by atoms with van der Waals surface area (Å²) in [6, 6.07) is 46.7. The Morgan fingerprint density at radius 3 is 2.21 bits per heavy atom. The molecule has 6 heteroatoms. The minimum atomic E-state index is -0.0365. The molecule has 1 atom stereocenters. The summed E-state index contributed by atoms with van der Waals surface area (Å²) in [5.74, 6) is 0. The van der Waals surface area contributed by atoms with Crippen LogP contribution >= 0.6 is 0 Å². The topological polar surface area (TPSA) is 54.1 Å². The van der Waals surface area contributed by atoms with Crippen molar-refractivity contribution >= 4 is 66.5 Å². The molecular formula is C51H44N6. The third-order valence-corrected chi connectivity index (χ3v) is 12.1. The number of anilines is 2. The molecule has 0 radical (unpaired) electrons. The predicted molar refractivity (Wildman–Crippen MR) is 239 cm³/mol. The van der Waals surface area contributed by atoms with Gasteiger partial charge in [-0.3, -0.25) is 14.1 Å². The SMILES string of the molecule is CCCCC1=NC2C(=C1)c1cc(CCCC)ccc1N2c1ccc2c(c1)c1cccnc1n2-c1ccc(-n2c3ccc(-c4ccccc4)cc3c3cc[nH]c32)cc1. The number of aliphatic imine (C=N–C) groups is 1. The van der Waals surface area contributed by atoms with E-state index in [9.17, 15) is 0 Å². The Balaban J connectivity index is 0.997. The van der Waals surface area contributed by atoms with E-state index in [4.69, 9.17) is 9.98 Å². The number of fused-ring (bicyclic) bond motifs is 9. The van der Waals surface area contributed by atoms with Gasteiger partial charge in [-0.15, -0.1) is 0 Å². The van der Waals surface area contributed by atoms with Crippen LogP contribution in [0.15, 0.2) is 151 Å². The molecule has 2 aliphatic heterocycles. The standard InChI is InChI=1S/C51H44N6/c1-3-5-11-33-16-23-46-42(29-33)45-31-36(14-6-4-2)54-51(45)57(46)39-22-25-48-44(32-39)40-15-10-27-52-49(40)56(48)38-20-18-37(19-21-38)55-47-24-17-35(34-12-8-7-9-13-34)30-43(47)41-26-28-53-50(41)55/h7-10,12-13,15-32,51,53H,3-6,11,14H2,1-2H3. The van der Waals surface area contributed by atoms with Gasteiger partial charge in [0, 0.05) is 67.8 Å². The molecule has 0 saturated carbocycles. The monoisotopic (exact) mass is 740 g/mol. The van der Waals surface area contributed by atoms with Crippen molar-refractivity contribution in [2.75, 3.05) is 4.90 Å². The Morgan fingerprint density at radius 1 is 0.614 bits per heavy atom. The van der Waals surface area contributed by atoms with E-state index in [1.807, 2.05) is 12.4 Å². The van der Waals surface area contributed by atoms with Gasteiger partial charge in [-0.2, -0.15) is 0 Å². The maximum absolute atomic E-state index is 5.36. The lowest BCUT2D eigenvalue weighted by atomic mass is 10.00. The molecule has 0 bridgehead atoms. The second kappa shape index (κ2) is 13.5. The molecule has 0 fully saturated rings. The zero-order valence-electron chi connectivity index (χ0n) is 32.4. The summed E-state index contributed by atoms with van der Waals surface area (Å²) in [4.78, 5) is 16.3. The average molecular weight is 741 g/mol. The molecule has 9 aromatic rings. The van der Waals surface area contributed by atoms with Gasteiger partial charge in [-0.1, -0.05) is 69.2 Å². The van der Waals surface area contributed by atoms with Crippen LogP contribution in [0.5, 0.6) is 0 Å². The third kappa shape index (κ3) is 5.38. The van der Waals surface area contributed by atoms with Crippen molar-refractivity contribution in [3.05, 3.63) is 157 Å². The van der Waals surface area contributed by atoms with Crippen LogP contribution in [0.2, 0.25) is 0 Å². The van der Waals surface area contributed by atoms with Crippen molar-refractivity contribution in [3.63, 3.8) is 0 Å². The van der Waals surface area contributed by atoms with E-state index in [2.05, 4.69) is 166 Å². The molecule has 5 aromatic carbocycles. The van der Waals surface area contributed by atoms with Gasteiger partial charge in [-0.05, 0) is 133 Å². The van der Waals surface area contributed by atoms with Crippen LogP contribution in [0, 0.1) is 0 Å². The fourth-order valence-corrected chi connectivity index (χ4v) is 9.30. The number of hydrogen-bond donors (Lipinski definition) is 1. The zero-order chi connectivity index (χ0) is 38.0. The van der Waals surface area contributed by atoms with Crippen LogP contribution in [0.1, 0.15) is 57.1 Å². The van der Waals surface area contributed by atoms with Gasteiger partial charge in [-0.25, -0.2) is 4.98 Å². The lowest BCUT2D eigenvalue weighted by Crippen LogP contribution is -2.23. The Kier molecular flexibility index (Phi) is 7.98. The van der Waals surface area contributed by atoms with Crippen LogP contribution in [-0.4, -0.2) is 31.0 Å². The van der Waals surface area contributed by atoms with Crippen LogP contribution in [-0.2, 0) is 6.42 Å². The van der Waals surface area contributed by atoms with Crippen LogP contribution in [0.25, 0.3) is 71.9 Å². The largest absolute Gasteiger partial charge is 0.347 e. The molecule has 278 valence electrons. The Bertz CT molecular complexity index is 3050. The number of allylic oxidation sites excluding steroid dienone is 1. The number of hydrogen-bond acceptors (Lipinski definition) is 3. The van der Waals surface area contributed by atoms with Crippen molar-refractivity contribution in [2.24, 2.45) is 4.99 Å². The van der Waals surface area contributed by atoms with Gasteiger partial charge in [0.05, 0.1) is 16.7 Å². The lowest BCUT2D eigenvalue weighted by Gasteiger charge is -2.25. The number of aromatic nitrogens is 4. The Morgan fingerprint density at radius 2 is 1.37 bits per heavy atom. The van der Waals surface area contributed by atoms with E-state index in [0.29, 0.717) is 0 Å². The van der Waals surface area contributed by atoms with E-state index >= 15 is 0 Å². The second-order valence-electron chi connectivity index (χ2n) is 15.6. The van der Waals surface area contributed by atoms with Crippen molar-refractivity contribution in [1.82, 2.24) is 19.1 Å². The van der Waals surface area contributed by atoms with Crippen molar-refractivity contribution in [2.45, 2.75) is 58.5 Å². The number of unbranched alkanes of at least 4 members (excludes halogenated alkanes) is 2. The molecule has 11 rings (SSSR count). The molecule has 0 spiro atoms. The normalized spacial score (nSPS) is 14.9. The number of nitrogens with zero attached hydrogens (tertiary/aromatic N) is 5. The lowest BCUT2D eigenvalue weighted by molar-refractivity contribution is 0.795. The summed E-state index contributed by atoms with van der Waals surface area (Å²) in [5, 5.41) is 4.78. The van der Waals surface area contributed by atoms with Crippen LogP contribution in [0.4, 0.5) is 11.4 Å². The van der Waals surface area contributed by atoms with E-state index in [1.54, 1.807) is 0 Å². The van der Waals surface area contributed by atoms with Gasteiger partial charge in [0.25, 0.3) is 0 Å². The number of aryl methyl sites for hydroxylation is 1. The highest BCUT2D eigenvalue weighted by atomic mass is 15.3. The highest BCUT2D eigenvalue weighted by molar-refractivity contribution is 6.13. The number of H-pyrrole nitrogens is 1. The molecule has 2 aliphatic rings. The quantitative estimate of drug-likeness (QED) is 0.152. The number of rotatable bonds is 10. The summed E-state index contributed by atoms with van der Waals surface area (Å²) in [6.45, 7) is 4.52. The third-order valence-electron chi connectivity index (χ3n) is 12.1. The number of nitrogens with one attached hydrogen (secondary N) is 1. The van der Waals surface area contributed by atoms with Gasteiger partial charge in [0.15, 0.2) is 6.17 Å². The predicted octanol–water partition coefficient (Wildman–Crippen LogP) is 13.1. The molecule has 6 nitrogen and oxygen atoms in total. The minimum Gasteiger partial charge on any atom is -0.347 e. The zero-order valence-corrected chi connectivity index (χ0v) is 32.4. The van der Waals surface area contributed by atoms with Crippen molar-refractivity contribution in [1.29, 1.82) is 0 Å². The molecule has 6 heterocycles. The van der Waals surface area contributed by atoms with Gasteiger partial charge in [0.1, 0.15) is 11.3 Å². The molecule has 0 aliphatic carbocycles. The number of benzene rings is 5. The van der Waals surface area contributed by atoms with Gasteiger partial charge >= 0.3 is 0 Å². The fraction of sp³-hybridized carbons (Fsp3) is 0.176. The Hall–Kier alpha value is -6.66. The Labute approximate surface area is 332 Å². The molecule has 4 aromatic heterocycles. The van der Waals surface area contributed by atoms with Gasteiger partial charge < -0.3 is 9.88 Å². The molecule has 0 amide bonds. The molecule has 1 N–H and O–H groups in total. The number of aromatic amines is 1. The summed E-state index contributed by atoms with van der Waals surface area (Å²) >= 11 is 0. The molecular weight excluding hydrogens is 697 g/mol. The maximum atomic E-state index is 5.36. The first-order valence-corrected chi connectivity index (χ1v) is 20.6. The van der Waals surface area contributed by atoms with E-state index in [-0.39, 0.29) is 6.17 Å². The fourth-order valence-electron chi connectivity index (χ4n) is 9.30. The summed E-state index contributed by atoms with van der Waals surface area (Å²) in [7, 11) is 0. The maximum Gasteiger partial charge on any atom is 0.152 e. The van der Waals surface area contributed by atoms with E-state index < -0.39 is 0 Å². The van der Waals surface area contributed by atoms with E-state index in [0.717, 1.165) is 58.5 Å². The minimum absolute atomic E-state index is 0.0365. The van der Waals surface area contributed by atoms with Crippen LogP contribution < -0.4 is 4.90 Å². The molecule has 57 heavy (non-hydrogen) atoms. The number of pyridine rings is 1. The first-order valence-electron chi connectivity index (χ1n) is 20.6. The van der Waals surface area contributed by atoms with Gasteiger partial charge in [0.2, 0.25) is 0 Å². The highest BCUT2D eigenvalue weighted by Gasteiger charge is 2.38. The van der Waals surface area contributed by atoms with Crippen LogP contribution in [0.3, 0.4) is 0 Å².